The van der Waals surface area contributed by atoms with Gasteiger partial charge in [-0.25, -0.2) is 4.98 Å². The third kappa shape index (κ3) is 2.62. The summed E-state index contributed by atoms with van der Waals surface area (Å²) in [6.07, 6.45) is 6.00. The smallest absolute Gasteiger partial charge is 0.270 e. The molecule has 140 valence electrons. The number of pyridine rings is 1. The third-order valence-electron chi connectivity index (χ3n) is 6.62. The Morgan fingerprint density at radius 1 is 1.12 bits per heavy atom. The van der Waals surface area contributed by atoms with E-state index in [1.165, 1.54) is 38.5 Å². The van der Waals surface area contributed by atoms with Crippen molar-refractivity contribution in [3.63, 3.8) is 0 Å². The van der Waals surface area contributed by atoms with Gasteiger partial charge in [-0.15, -0.1) is 0 Å². The van der Waals surface area contributed by atoms with Gasteiger partial charge in [0, 0.05) is 12.6 Å². The molecule has 2 aromatic rings. The molecule has 0 aliphatic carbocycles. The van der Waals surface area contributed by atoms with Crippen LogP contribution in [0.5, 0.6) is 0 Å². The van der Waals surface area contributed by atoms with E-state index in [0.717, 1.165) is 23.0 Å². The molecule has 4 heterocycles. The summed E-state index contributed by atoms with van der Waals surface area (Å²) in [6, 6.07) is 3.45. The molecule has 1 fully saturated rings. The second-order valence-electron chi connectivity index (χ2n) is 8.95. The highest BCUT2D eigenvalue weighted by atomic mass is 16.1. The van der Waals surface area contributed by atoms with Gasteiger partial charge in [0.1, 0.15) is 17.7 Å². The molecule has 0 bridgehead atoms. The van der Waals surface area contributed by atoms with Crippen molar-refractivity contribution in [2.24, 2.45) is 0 Å². The number of likely N-dealkylation sites (tertiary alicyclic amines) is 1. The summed E-state index contributed by atoms with van der Waals surface area (Å²) in [6.45, 7) is 10.9. The Labute approximate surface area is 153 Å². The molecule has 1 atom stereocenters. The molecule has 0 spiro atoms. The van der Waals surface area contributed by atoms with Crippen molar-refractivity contribution in [1.29, 1.82) is 0 Å². The van der Waals surface area contributed by atoms with E-state index in [4.69, 9.17) is 0 Å². The van der Waals surface area contributed by atoms with Gasteiger partial charge in [-0.05, 0) is 52.5 Å². The summed E-state index contributed by atoms with van der Waals surface area (Å²) in [5.41, 5.74) is 1.44. The largest absolute Gasteiger partial charge is 0.318 e. The van der Waals surface area contributed by atoms with Crippen LogP contribution in [0.25, 0.3) is 11.2 Å². The van der Waals surface area contributed by atoms with Crippen molar-refractivity contribution in [2.45, 2.75) is 64.6 Å². The van der Waals surface area contributed by atoms with Crippen molar-refractivity contribution in [3.05, 3.63) is 39.0 Å². The van der Waals surface area contributed by atoms with E-state index in [1.807, 2.05) is 4.57 Å². The summed E-state index contributed by atoms with van der Waals surface area (Å²) in [5.74, 6) is 0. The first-order valence-corrected chi connectivity index (χ1v) is 9.80. The van der Waals surface area contributed by atoms with Crippen LogP contribution in [0.2, 0.25) is 0 Å². The van der Waals surface area contributed by atoms with Gasteiger partial charge in [0.2, 0.25) is 0 Å². The van der Waals surface area contributed by atoms with Gasteiger partial charge in [0.05, 0.1) is 30.9 Å². The Hall–Kier alpha value is -1.95. The lowest BCUT2D eigenvalue weighted by Gasteiger charge is -2.53. The van der Waals surface area contributed by atoms with Gasteiger partial charge in [-0.2, -0.15) is 0 Å². The number of piperidine rings is 1. The summed E-state index contributed by atoms with van der Waals surface area (Å²) >= 11 is 0. The highest BCUT2D eigenvalue weighted by Gasteiger charge is 2.44. The highest BCUT2D eigenvalue weighted by molar-refractivity contribution is 5.70. The zero-order valence-corrected chi connectivity index (χ0v) is 16.1. The summed E-state index contributed by atoms with van der Waals surface area (Å²) in [4.78, 5) is 29.3. The third-order valence-corrected chi connectivity index (χ3v) is 6.62. The topological polar surface area (TPSA) is 56.9 Å². The van der Waals surface area contributed by atoms with Gasteiger partial charge in [-0.3, -0.25) is 18.7 Å². The first-order chi connectivity index (χ1) is 12.3. The van der Waals surface area contributed by atoms with Crippen molar-refractivity contribution in [2.75, 3.05) is 19.6 Å². The fourth-order valence-corrected chi connectivity index (χ4v) is 5.00. The fourth-order valence-electron chi connectivity index (χ4n) is 5.00. The van der Waals surface area contributed by atoms with Crippen molar-refractivity contribution in [1.82, 2.24) is 14.1 Å². The van der Waals surface area contributed by atoms with Crippen LogP contribution in [0, 0.1) is 0 Å². The van der Waals surface area contributed by atoms with Crippen LogP contribution in [-0.2, 0) is 6.54 Å². The SMILES string of the molecule is CC(C)(C)[N+]1(CC2CCn3c(=O)cnc4ccc(=O)n2c43)CCCCC1. The number of hydrogen-bond donors (Lipinski definition) is 0. The average Bonchev–Trinajstić information content (AvgIpc) is 2.60. The van der Waals surface area contributed by atoms with Crippen LogP contribution in [-0.4, -0.2) is 43.8 Å². The number of aromatic nitrogens is 3. The summed E-state index contributed by atoms with van der Waals surface area (Å²) in [5, 5.41) is 0. The highest BCUT2D eigenvalue weighted by Crippen LogP contribution is 2.35. The Balaban J connectivity index is 1.84. The zero-order valence-electron chi connectivity index (χ0n) is 16.1. The van der Waals surface area contributed by atoms with E-state index in [-0.39, 0.29) is 22.7 Å². The fraction of sp³-hybridized carbons (Fsp3) is 0.650. The predicted molar refractivity (Wildman–Crippen MR) is 102 cm³/mol. The quantitative estimate of drug-likeness (QED) is 0.775. The van der Waals surface area contributed by atoms with Crippen molar-refractivity contribution < 1.29 is 4.48 Å². The molecule has 4 rings (SSSR count). The average molecular weight is 357 g/mol. The maximum atomic E-state index is 12.8. The van der Waals surface area contributed by atoms with E-state index < -0.39 is 0 Å². The molecule has 0 aromatic carbocycles. The predicted octanol–water partition coefficient (Wildman–Crippen LogP) is 2.30. The zero-order chi connectivity index (χ0) is 18.5. The van der Waals surface area contributed by atoms with Gasteiger partial charge in [-0.1, -0.05) is 0 Å². The van der Waals surface area contributed by atoms with Crippen LogP contribution in [0.3, 0.4) is 0 Å². The van der Waals surface area contributed by atoms with Crippen LogP contribution in [0.1, 0.15) is 52.5 Å². The molecule has 6 heteroatoms. The first-order valence-electron chi connectivity index (χ1n) is 9.80. The monoisotopic (exact) mass is 357 g/mol. The Kier molecular flexibility index (Phi) is 4.06. The molecule has 1 saturated heterocycles. The molecule has 6 nitrogen and oxygen atoms in total. The number of aryl methyl sites for hydroxylation is 1. The second kappa shape index (κ2) is 6.05. The van der Waals surface area contributed by atoms with E-state index >= 15 is 0 Å². The lowest BCUT2D eigenvalue weighted by atomic mass is 9.93. The van der Waals surface area contributed by atoms with Crippen LogP contribution < -0.4 is 11.1 Å². The maximum absolute atomic E-state index is 12.8. The molecular weight excluding hydrogens is 328 g/mol. The molecule has 2 aliphatic rings. The van der Waals surface area contributed by atoms with Crippen LogP contribution in [0.15, 0.2) is 27.9 Å². The molecule has 0 amide bonds. The van der Waals surface area contributed by atoms with E-state index in [0.29, 0.717) is 12.2 Å². The molecular formula is C20H29N4O2+. The first kappa shape index (κ1) is 17.5. The van der Waals surface area contributed by atoms with Crippen LogP contribution >= 0.6 is 0 Å². The Morgan fingerprint density at radius 3 is 2.54 bits per heavy atom. The Morgan fingerprint density at radius 2 is 1.85 bits per heavy atom. The second-order valence-corrected chi connectivity index (χ2v) is 8.95. The number of hydrogen-bond acceptors (Lipinski definition) is 3. The summed E-state index contributed by atoms with van der Waals surface area (Å²) < 4.78 is 4.62. The van der Waals surface area contributed by atoms with Gasteiger partial charge in [0.25, 0.3) is 11.1 Å². The molecule has 2 aliphatic heterocycles. The van der Waals surface area contributed by atoms with Crippen molar-refractivity contribution in [3.8, 4) is 0 Å². The van der Waals surface area contributed by atoms with Crippen LogP contribution in [0.4, 0.5) is 0 Å². The number of rotatable bonds is 2. The lowest BCUT2D eigenvalue weighted by molar-refractivity contribution is -0.976. The van der Waals surface area contributed by atoms with Gasteiger partial charge >= 0.3 is 0 Å². The lowest BCUT2D eigenvalue weighted by Crippen LogP contribution is -2.64. The standard InChI is InChI=1S/C20H29N4O2/c1-20(2,3)24(11-5-4-6-12-24)14-15-9-10-22-18(26)13-21-16-7-8-17(25)23(15)19(16)22/h7-8,13,15H,4-6,9-12,14H2,1-3H3/q+1. The molecule has 0 saturated carbocycles. The van der Waals surface area contributed by atoms with E-state index in [9.17, 15) is 9.59 Å². The normalized spacial score (nSPS) is 22.5. The molecule has 0 radical (unpaired) electrons. The Bertz CT molecular complexity index is 940. The van der Waals surface area contributed by atoms with Gasteiger partial charge in [0.15, 0.2) is 0 Å². The minimum atomic E-state index is -0.118. The summed E-state index contributed by atoms with van der Waals surface area (Å²) in [7, 11) is 0. The molecule has 26 heavy (non-hydrogen) atoms. The minimum Gasteiger partial charge on any atom is -0.318 e. The maximum Gasteiger partial charge on any atom is 0.270 e. The molecule has 0 N–H and O–H groups in total. The van der Waals surface area contributed by atoms with E-state index in [2.05, 4.69) is 25.8 Å². The number of quaternary nitrogens is 1. The van der Waals surface area contributed by atoms with E-state index in [1.54, 1.807) is 16.7 Å². The van der Waals surface area contributed by atoms with Gasteiger partial charge < -0.3 is 4.48 Å². The van der Waals surface area contributed by atoms with Crippen molar-refractivity contribution >= 4 is 11.2 Å². The number of nitrogens with zero attached hydrogens (tertiary/aromatic N) is 4. The minimum absolute atomic E-state index is 0.0209. The molecule has 2 aromatic heterocycles. The molecule has 1 unspecified atom stereocenters.